The number of aromatic nitrogens is 5. The van der Waals surface area contributed by atoms with E-state index in [-0.39, 0.29) is 24.9 Å². The zero-order valence-electron chi connectivity index (χ0n) is 20.6. The predicted molar refractivity (Wildman–Crippen MR) is 143 cm³/mol. The van der Waals surface area contributed by atoms with Gasteiger partial charge in [-0.3, -0.25) is 9.48 Å². The second kappa shape index (κ2) is 9.68. The summed E-state index contributed by atoms with van der Waals surface area (Å²) in [5, 5.41) is 12.3. The van der Waals surface area contributed by atoms with Crippen molar-refractivity contribution in [2.24, 2.45) is 12.8 Å². The summed E-state index contributed by atoms with van der Waals surface area (Å²) in [7, 11) is 1.89. The maximum Gasteiger partial charge on any atom is 0.259 e. The van der Waals surface area contributed by atoms with E-state index >= 15 is 0 Å². The summed E-state index contributed by atoms with van der Waals surface area (Å²) in [5.74, 6) is 0.179. The lowest BCUT2D eigenvalue weighted by Crippen LogP contribution is -2.43. The molecule has 1 saturated heterocycles. The molecule has 190 valence electrons. The molecule has 0 unspecified atom stereocenters. The average Bonchev–Trinajstić information content (AvgIpc) is 3.44. The van der Waals surface area contributed by atoms with Crippen LogP contribution in [0.25, 0.3) is 16.6 Å². The zero-order valence-corrected chi connectivity index (χ0v) is 21.4. The summed E-state index contributed by atoms with van der Waals surface area (Å²) in [5.41, 5.74) is 10.4. The predicted octanol–water partition coefficient (Wildman–Crippen LogP) is 2.78. The van der Waals surface area contributed by atoms with E-state index in [4.69, 9.17) is 5.73 Å². The second-order valence-electron chi connectivity index (χ2n) is 9.74. The van der Waals surface area contributed by atoms with Crippen molar-refractivity contribution in [2.75, 3.05) is 23.3 Å². The minimum absolute atomic E-state index is 0. The van der Waals surface area contributed by atoms with Crippen LogP contribution in [0.15, 0.2) is 30.7 Å². The van der Waals surface area contributed by atoms with Crippen molar-refractivity contribution in [3.8, 4) is 0 Å². The van der Waals surface area contributed by atoms with Gasteiger partial charge in [0.15, 0.2) is 5.65 Å². The molecule has 1 aliphatic carbocycles. The summed E-state index contributed by atoms with van der Waals surface area (Å²) < 4.78 is 3.62. The molecule has 10 nitrogen and oxygen atoms in total. The SMILES string of the molecule is Cc1cn2cc(NC(=O)c3ccc(N4CCC(NC5CC5)CC4)c4cn(C)nc34)nc(CN)c2n1.Cl. The van der Waals surface area contributed by atoms with Gasteiger partial charge in [-0.05, 0) is 44.7 Å². The number of imidazole rings is 1. The van der Waals surface area contributed by atoms with Crippen molar-refractivity contribution in [3.05, 3.63) is 47.7 Å². The fraction of sp³-hybridized carbons (Fsp3) is 0.440. The number of aryl methyl sites for hydroxylation is 2. The number of rotatable bonds is 6. The van der Waals surface area contributed by atoms with Crippen LogP contribution in [-0.4, -0.2) is 55.2 Å². The number of hydrogen-bond acceptors (Lipinski definition) is 7. The monoisotopic (exact) mass is 509 g/mol. The van der Waals surface area contributed by atoms with Gasteiger partial charge in [-0.1, -0.05) is 0 Å². The number of nitrogens with zero attached hydrogens (tertiary/aromatic N) is 6. The first-order chi connectivity index (χ1) is 17.0. The third kappa shape index (κ3) is 4.63. The highest BCUT2D eigenvalue weighted by atomic mass is 35.5. The molecule has 36 heavy (non-hydrogen) atoms. The third-order valence-corrected chi connectivity index (χ3v) is 6.96. The molecular formula is C25H32ClN9O. The van der Waals surface area contributed by atoms with Gasteiger partial charge in [0, 0.05) is 62.2 Å². The van der Waals surface area contributed by atoms with Crippen LogP contribution in [0.5, 0.6) is 0 Å². The second-order valence-corrected chi connectivity index (χ2v) is 9.74. The molecule has 1 aromatic carbocycles. The minimum Gasteiger partial charge on any atom is -0.371 e. The van der Waals surface area contributed by atoms with Crippen LogP contribution in [0.1, 0.15) is 47.4 Å². The summed E-state index contributed by atoms with van der Waals surface area (Å²) in [6, 6.07) is 5.27. The van der Waals surface area contributed by atoms with Gasteiger partial charge in [-0.25, -0.2) is 9.97 Å². The standard InChI is InChI=1S/C25H31N9O.ClH/c1-15-12-34-14-22(29-20(11-26)24(34)27-15)30-25(35)18-5-6-21(19-13-32(2)31-23(18)19)33-9-7-17(8-10-33)28-16-3-4-16;/h5-6,12-14,16-17,28H,3-4,7-11,26H2,1-2H3,(H,30,35);1H. The number of piperidine rings is 1. The largest absolute Gasteiger partial charge is 0.371 e. The number of anilines is 2. The number of fused-ring (bicyclic) bond motifs is 2. The van der Waals surface area contributed by atoms with Crippen LogP contribution in [0, 0.1) is 6.92 Å². The maximum atomic E-state index is 13.3. The molecule has 2 aliphatic rings. The lowest BCUT2D eigenvalue weighted by molar-refractivity contribution is 0.102. The molecule has 0 spiro atoms. The number of benzene rings is 1. The lowest BCUT2D eigenvalue weighted by Gasteiger charge is -2.34. The molecule has 4 aromatic rings. The van der Waals surface area contributed by atoms with E-state index in [0.29, 0.717) is 34.3 Å². The fourth-order valence-corrected chi connectivity index (χ4v) is 5.10. The third-order valence-electron chi connectivity index (χ3n) is 6.96. The molecule has 0 bridgehead atoms. The Bertz CT molecular complexity index is 1420. The van der Waals surface area contributed by atoms with Crippen molar-refractivity contribution >= 4 is 46.4 Å². The van der Waals surface area contributed by atoms with E-state index in [2.05, 4.69) is 36.7 Å². The average molecular weight is 510 g/mol. The first kappa shape index (κ1) is 24.5. The normalized spacial score (nSPS) is 16.5. The van der Waals surface area contributed by atoms with Gasteiger partial charge in [0.25, 0.3) is 5.91 Å². The topological polar surface area (TPSA) is 118 Å². The number of hydrogen-bond donors (Lipinski definition) is 3. The van der Waals surface area contributed by atoms with Crippen LogP contribution in [0.3, 0.4) is 0 Å². The number of halogens is 1. The van der Waals surface area contributed by atoms with E-state index < -0.39 is 0 Å². The van der Waals surface area contributed by atoms with E-state index in [0.717, 1.165) is 48.7 Å². The minimum atomic E-state index is -0.251. The molecule has 11 heteroatoms. The lowest BCUT2D eigenvalue weighted by atomic mass is 10.0. The van der Waals surface area contributed by atoms with Gasteiger partial charge in [-0.2, -0.15) is 5.10 Å². The van der Waals surface area contributed by atoms with Gasteiger partial charge < -0.3 is 25.7 Å². The Morgan fingerprint density at radius 2 is 1.83 bits per heavy atom. The Morgan fingerprint density at radius 3 is 2.56 bits per heavy atom. The zero-order chi connectivity index (χ0) is 24.1. The van der Waals surface area contributed by atoms with Gasteiger partial charge >= 0.3 is 0 Å². The summed E-state index contributed by atoms with van der Waals surface area (Å²) in [6.45, 7) is 4.14. The molecule has 2 fully saturated rings. The van der Waals surface area contributed by atoms with Crippen LogP contribution in [0.4, 0.5) is 11.5 Å². The van der Waals surface area contributed by atoms with Gasteiger partial charge in [0.05, 0.1) is 23.1 Å². The molecule has 1 amide bonds. The van der Waals surface area contributed by atoms with E-state index in [1.54, 1.807) is 10.9 Å². The molecule has 0 atom stereocenters. The highest BCUT2D eigenvalue weighted by Gasteiger charge is 2.28. The van der Waals surface area contributed by atoms with Crippen molar-refractivity contribution < 1.29 is 4.79 Å². The quantitative estimate of drug-likeness (QED) is 0.365. The van der Waals surface area contributed by atoms with Crippen LogP contribution < -0.4 is 21.3 Å². The van der Waals surface area contributed by atoms with Crippen molar-refractivity contribution in [1.29, 1.82) is 0 Å². The Labute approximate surface area is 215 Å². The number of carbonyl (C=O) groups excluding carboxylic acids is 1. The number of nitrogens with one attached hydrogen (secondary N) is 2. The highest BCUT2D eigenvalue weighted by Crippen LogP contribution is 2.32. The molecule has 1 aliphatic heterocycles. The number of amides is 1. The first-order valence-corrected chi connectivity index (χ1v) is 12.3. The molecule has 6 rings (SSSR count). The van der Waals surface area contributed by atoms with Crippen molar-refractivity contribution in [2.45, 2.75) is 51.2 Å². The first-order valence-electron chi connectivity index (χ1n) is 12.3. The van der Waals surface area contributed by atoms with Crippen molar-refractivity contribution in [3.63, 3.8) is 0 Å². The number of carbonyl (C=O) groups is 1. The summed E-state index contributed by atoms with van der Waals surface area (Å²) in [4.78, 5) is 24.8. The van der Waals surface area contributed by atoms with Gasteiger partial charge in [-0.15, -0.1) is 12.4 Å². The maximum absolute atomic E-state index is 13.3. The molecular weight excluding hydrogens is 478 g/mol. The van der Waals surface area contributed by atoms with E-state index in [1.807, 2.05) is 36.8 Å². The number of nitrogens with two attached hydrogens (primary N) is 1. The molecule has 4 N–H and O–H groups in total. The summed E-state index contributed by atoms with van der Waals surface area (Å²) >= 11 is 0. The molecule has 4 heterocycles. The van der Waals surface area contributed by atoms with Gasteiger partial charge in [0.2, 0.25) is 0 Å². The fourth-order valence-electron chi connectivity index (χ4n) is 5.10. The van der Waals surface area contributed by atoms with Crippen LogP contribution >= 0.6 is 12.4 Å². The Kier molecular flexibility index (Phi) is 6.59. The van der Waals surface area contributed by atoms with Crippen LogP contribution in [0.2, 0.25) is 0 Å². The summed E-state index contributed by atoms with van der Waals surface area (Å²) in [6.07, 6.45) is 10.5. The Morgan fingerprint density at radius 1 is 1.08 bits per heavy atom. The smallest absolute Gasteiger partial charge is 0.259 e. The molecule has 1 saturated carbocycles. The van der Waals surface area contributed by atoms with Gasteiger partial charge in [0.1, 0.15) is 11.3 Å². The van der Waals surface area contributed by atoms with Crippen molar-refractivity contribution in [1.82, 2.24) is 29.5 Å². The van der Waals surface area contributed by atoms with Crippen LogP contribution in [-0.2, 0) is 13.6 Å². The highest BCUT2D eigenvalue weighted by molar-refractivity contribution is 6.13. The molecule has 3 aromatic heterocycles. The molecule has 0 radical (unpaired) electrons. The van der Waals surface area contributed by atoms with E-state index in [1.165, 1.54) is 12.8 Å². The Balaban J connectivity index is 0.00000267. The Hall–Kier alpha value is -3.21. The van der Waals surface area contributed by atoms with E-state index in [9.17, 15) is 4.79 Å².